The molecule has 4 aromatic rings. The molecule has 0 unspecified atom stereocenters. The zero-order valence-corrected chi connectivity index (χ0v) is 25.5. The van der Waals surface area contributed by atoms with Crippen molar-refractivity contribution in [3.63, 3.8) is 0 Å². The normalized spacial score (nSPS) is 15.9. The summed E-state index contributed by atoms with van der Waals surface area (Å²) in [5, 5.41) is 6.74. The van der Waals surface area contributed by atoms with Crippen LogP contribution >= 0.6 is 11.6 Å². The largest absolute Gasteiger partial charge is 0.416 e. The first-order valence-electron chi connectivity index (χ1n) is 14.9. The van der Waals surface area contributed by atoms with Crippen LogP contribution in [0, 0.1) is 0 Å². The summed E-state index contributed by atoms with van der Waals surface area (Å²) in [6, 6.07) is 22.0. The number of hydrogen-bond donors (Lipinski definition) is 3. The number of piperidine rings is 1. The number of hydrogen-bond acceptors (Lipinski definition) is 6. The SMILES string of the molecule is NC(=O)C1(Nc2ccccc2)CCN(C(=O)c2cccc(-c3cnc4c(c3)N(Cc3cc(Cl)ccc3C(F)(F)F)CCN4)c2)CC1. The first-order valence-corrected chi connectivity index (χ1v) is 15.3. The number of alkyl halides is 3. The zero-order valence-electron chi connectivity index (χ0n) is 24.8. The van der Waals surface area contributed by atoms with E-state index < -0.39 is 23.2 Å². The molecule has 46 heavy (non-hydrogen) atoms. The highest BCUT2D eigenvalue weighted by atomic mass is 35.5. The van der Waals surface area contributed by atoms with Crippen molar-refractivity contribution in [2.45, 2.75) is 31.1 Å². The van der Waals surface area contributed by atoms with Crippen molar-refractivity contribution in [3.05, 3.63) is 107 Å². The third kappa shape index (κ3) is 6.46. The van der Waals surface area contributed by atoms with E-state index in [1.165, 1.54) is 12.1 Å². The van der Waals surface area contributed by atoms with Gasteiger partial charge in [0, 0.05) is 60.8 Å². The van der Waals surface area contributed by atoms with Crippen LogP contribution in [0.3, 0.4) is 0 Å². The fourth-order valence-electron chi connectivity index (χ4n) is 6.09. The number of halogens is 4. The first-order chi connectivity index (χ1) is 22.0. The van der Waals surface area contributed by atoms with Gasteiger partial charge >= 0.3 is 6.18 Å². The highest BCUT2D eigenvalue weighted by Gasteiger charge is 2.41. The number of aromatic nitrogens is 1. The predicted octanol–water partition coefficient (Wildman–Crippen LogP) is 6.43. The van der Waals surface area contributed by atoms with Gasteiger partial charge in [-0.15, -0.1) is 0 Å². The number of benzene rings is 3. The summed E-state index contributed by atoms with van der Waals surface area (Å²) in [5.74, 6) is -0.0680. The number of carbonyl (C=O) groups excluding carboxylic acids is 2. The molecular formula is C34H32ClF3N6O2. The van der Waals surface area contributed by atoms with Gasteiger partial charge in [-0.3, -0.25) is 9.59 Å². The second-order valence-electron chi connectivity index (χ2n) is 11.5. The van der Waals surface area contributed by atoms with Crippen molar-refractivity contribution < 1.29 is 22.8 Å². The minimum atomic E-state index is -4.52. The summed E-state index contributed by atoms with van der Waals surface area (Å²) in [6.45, 7) is 1.65. The number of amides is 2. The summed E-state index contributed by atoms with van der Waals surface area (Å²) in [6.07, 6.45) is -2.11. The molecule has 6 rings (SSSR count). The van der Waals surface area contributed by atoms with Crippen molar-refractivity contribution in [1.82, 2.24) is 9.88 Å². The molecule has 1 saturated heterocycles. The van der Waals surface area contributed by atoms with E-state index in [-0.39, 0.29) is 23.0 Å². The number of anilines is 3. The van der Waals surface area contributed by atoms with Gasteiger partial charge in [-0.05, 0) is 72.5 Å². The number of nitrogens with one attached hydrogen (secondary N) is 2. The number of pyridine rings is 1. The average molecular weight is 649 g/mol. The Bertz CT molecular complexity index is 1760. The number of likely N-dealkylation sites (tertiary alicyclic amines) is 1. The Labute approximate surface area is 269 Å². The standard InChI is InChI=1S/C34H32ClF3N6O2/c35-26-9-10-28(34(36,37)38)25(18-26)21-44-16-13-40-30-29(44)19-24(20-41-30)22-5-4-6-23(17-22)31(45)43-14-11-33(12-15-43,32(39)46)42-27-7-2-1-3-8-27/h1-10,17-20,42H,11-16,21H2,(H2,39,46)(H,40,41). The Morgan fingerprint density at radius 3 is 2.43 bits per heavy atom. The summed E-state index contributed by atoms with van der Waals surface area (Å²) in [4.78, 5) is 34.2. The van der Waals surface area contributed by atoms with Gasteiger partial charge in [0.1, 0.15) is 11.4 Å². The van der Waals surface area contributed by atoms with E-state index in [0.29, 0.717) is 61.7 Å². The summed E-state index contributed by atoms with van der Waals surface area (Å²) >= 11 is 6.08. The highest BCUT2D eigenvalue weighted by Crippen LogP contribution is 2.37. The zero-order chi connectivity index (χ0) is 32.5. The van der Waals surface area contributed by atoms with Crippen LogP contribution in [0.2, 0.25) is 5.02 Å². The van der Waals surface area contributed by atoms with Crippen molar-refractivity contribution in [2.75, 3.05) is 41.7 Å². The van der Waals surface area contributed by atoms with Gasteiger partial charge in [-0.1, -0.05) is 41.9 Å². The Morgan fingerprint density at radius 1 is 0.957 bits per heavy atom. The van der Waals surface area contributed by atoms with E-state index in [1.807, 2.05) is 47.4 Å². The number of rotatable bonds is 7. The lowest BCUT2D eigenvalue weighted by molar-refractivity contribution is -0.138. The second-order valence-corrected chi connectivity index (χ2v) is 12.0. The van der Waals surface area contributed by atoms with Crippen molar-refractivity contribution in [2.24, 2.45) is 5.73 Å². The molecule has 8 nitrogen and oxygen atoms in total. The molecular weight excluding hydrogens is 617 g/mol. The maximum Gasteiger partial charge on any atom is 0.416 e. The highest BCUT2D eigenvalue weighted by molar-refractivity contribution is 6.30. The Balaban J connectivity index is 1.21. The monoisotopic (exact) mass is 648 g/mol. The number of nitrogens with zero attached hydrogens (tertiary/aromatic N) is 3. The molecule has 0 spiro atoms. The lowest BCUT2D eigenvalue weighted by Crippen LogP contribution is -2.57. The molecule has 2 aliphatic heterocycles. The van der Waals surface area contributed by atoms with E-state index in [0.717, 1.165) is 17.3 Å². The summed E-state index contributed by atoms with van der Waals surface area (Å²) in [5.41, 5.74) is 7.57. The first kappa shape index (κ1) is 31.2. The molecule has 0 saturated carbocycles. The van der Waals surface area contributed by atoms with Crippen LogP contribution in [0.15, 0.2) is 85.1 Å². The molecule has 0 radical (unpaired) electrons. The van der Waals surface area contributed by atoms with Crippen LogP contribution in [0.4, 0.5) is 30.4 Å². The van der Waals surface area contributed by atoms with Crippen molar-refractivity contribution in [3.8, 4) is 11.1 Å². The molecule has 4 N–H and O–H groups in total. The summed E-state index contributed by atoms with van der Waals surface area (Å²) < 4.78 is 41.3. The van der Waals surface area contributed by atoms with Crippen molar-refractivity contribution in [1.29, 1.82) is 0 Å². The molecule has 12 heteroatoms. The van der Waals surface area contributed by atoms with E-state index in [2.05, 4.69) is 15.6 Å². The van der Waals surface area contributed by atoms with Gasteiger partial charge < -0.3 is 26.2 Å². The van der Waals surface area contributed by atoms with E-state index >= 15 is 0 Å². The minimum absolute atomic E-state index is 0.00533. The van der Waals surface area contributed by atoms with Crippen LogP contribution in [0.25, 0.3) is 11.1 Å². The van der Waals surface area contributed by atoms with Crippen LogP contribution in [-0.4, -0.2) is 53.4 Å². The number of para-hydroxylation sites is 1. The third-order valence-corrected chi connectivity index (χ3v) is 8.83. The fourth-order valence-corrected chi connectivity index (χ4v) is 6.29. The molecule has 0 bridgehead atoms. The van der Waals surface area contributed by atoms with Crippen LogP contribution in [-0.2, 0) is 17.5 Å². The molecule has 2 aliphatic rings. The van der Waals surface area contributed by atoms with E-state index in [1.54, 1.807) is 29.3 Å². The number of primary amides is 1. The predicted molar refractivity (Wildman–Crippen MR) is 173 cm³/mol. The van der Waals surface area contributed by atoms with Gasteiger partial charge in [0.2, 0.25) is 5.91 Å². The molecule has 1 aromatic heterocycles. The maximum absolute atomic E-state index is 13.8. The van der Waals surface area contributed by atoms with Crippen LogP contribution in [0.5, 0.6) is 0 Å². The number of carbonyl (C=O) groups is 2. The quantitative estimate of drug-likeness (QED) is 0.214. The van der Waals surface area contributed by atoms with Gasteiger partial charge in [0.15, 0.2) is 0 Å². The maximum atomic E-state index is 13.8. The molecule has 0 aliphatic carbocycles. The molecule has 1 fully saturated rings. The minimum Gasteiger partial charge on any atom is -0.371 e. The average Bonchev–Trinajstić information content (AvgIpc) is 3.05. The third-order valence-electron chi connectivity index (χ3n) is 8.59. The number of fused-ring (bicyclic) bond motifs is 1. The van der Waals surface area contributed by atoms with E-state index in [4.69, 9.17) is 17.3 Å². The van der Waals surface area contributed by atoms with Gasteiger partial charge in [-0.2, -0.15) is 13.2 Å². The molecule has 238 valence electrons. The summed E-state index contributed by atoms with van der Waals surface area (Å²) in [7, 11) is 0. The number of nitrogens with two attached hydrogens (primary N) is 1. The topological polar surface area (TPSA) is 104 Å². The van der Waals surface area contributed by atoms with E-state index in [9.17, 15) is 22.8 Å². The molecule has 2 amide bonds. The lowest BCUT2D eigenvalue weighted by atomic mass is 9.86. The molecule has 3 heterocycles. The van der Waals surface area contributed by atoms with Crippen LogP contribution < -0.4 is 21.3 Å². The van der Waals surface area contributed by atoms with Crippen LogP contribution in [0.1, 0.15) is 34.3 Å². The van der Waals surface area contributed by atoms with Gasteiger partial charge in [0.05, 0.1) is 11.3 Å². The molecule has 0 atom stereocenters. The second kappa shape index (κ2) is 12.6. The smallest absolute Gasteiger partial charge is 0.371 e. The van der Waals surface area contributed by atoms with Crippen molar-refractivity contribution >= 4 is 40.6 Å². The van der Waals surface area contributed by atoms with Gasteiger partial charge in [0.25, 0.3) is 5.91 Å². The Hall–Kier alpha value is -4.77. The van der Waals surface area contributed by atoms with Gasteiger partial charge in [-0.25, -0.2) is 4.98 Å². The Kier molecular flexibility index (Phi) is 8.52. The Morgan fingerprint density at radius 2 is 1.72 bits per heavy atom. The lowest BCUT2D eigenvalue weighted by Gasteiger charge is -2.40. The fraction of sp³-hybridized carbons (Fsp3) is 0.265. The molecule has 3 aromatic carbocycles.